The summed E-state index contributed by atoms with van der Waals surface area (Å²) in [5.41, 5.74) is 2.21. The second-order valence-corrected chi connectivity index (χ2v) is 5.85. The maximum atomic E-state index is 12.7. The van der Waals surface area contributed by atoms with Crippen LogP contribution in [0.15, 0.2) is 54.7 Å². The molecule has 0 unspecified atom stereocenters. The van der Waals surface area contributed by atoms with Crippen LogP contribution in [0.4, 0.5) is 0 Å². The van der Waals surface area contributed by atoms with Crippen LogP contribution in [0.2, 0.25) is 0 Å². The highest BCUT2D eigenvalue weighted by atomic mass is 16.5. The molecule has 0 saturated carbocycles. The number of H-pyrrole nitrogens is 1. The van der Waals surface area contributed by atoms with Gasteiger partial charge in [0.05, 0.1) is 30.8 Å². The van der Waals surface area contributed by atoms with Crippen molar-refractivity contribution in [3.05, 3.63) is 65.9 Å². The molecule has 3 aromatic rings. The maximum Gasteiger partial charge on any atom is 0.310 e. The molecule has 6 heteroatoms. The first-order valence-electron chi connectivity index (χ1n) is 7.97. The molecule has 0 radical (unpaired) electrons. The second-order valence-electron chi connectivity index (χ2n) is 5.85. The highest BCUT2D eigenvalue weighted by molar-refractivity contribution is 5.98. The summed E-state index contributed by atoms with van der Waals surface area (Å²) in [5.74, 6) is -1.15. The summed E-state index contributed by atoms with van der Waals surface area (Å²) in [4.78, 5) is 24.7. The van der Waals surface area contributed by atoms with Gasteiger partial charge < -0.3 is 10.1 Å². The number of nitrogens with one attached hydrogen (secondary N) is 2. The molecule has 1 amide bonds. The fraction of sp³-hybridized carbons (Fsp3) is 0.211. The van der Waals surface area contributed by atoms with Crippen LogP contribution in [0.1, 0.15) is 28.9 Å². The van der Waals surface area contributed by atoms with E-state index in [0.717, 1.165) is 16.5 Å². The van der Waals surface area contributed by atoms with E-state index in [0.29, 0.717) is 5.56 Å². The molecule has 0 aliphatic rings. The van der Waals surface area contributed by atoms with Gasteiger partial charge in [0.2, 0.25) is 0 Å². The third-order valence-corrected chi connectivity index (χ3v) is 4.22. The Labute approximate surface area is 145 Å². The van der Waals surface area contributed by atoms with E-state index in [4.69, 9.17) is 4.74 Å². The van der Waals surface area contributed by atoms with Crippen LogP contribution in [0.3, 0.4) is 0 Å². The van der Waals surface area contributed by atoms with E-state index < -0.39 is 12.0 Å². The van der Waals surface area contributed by atoms with Crippen LogP contribution >= 0.6 is 0 Å². The van der Waals surface area contributed by atoms with Crippen molar-refractivity contribution < 1.29 is 14.3 Å². The Bertz CT molecular complexity index is 889. The fourth-order valence-corrected chi connectivity index (χ4v) is 2.79. The monoisotopic (exact) mass is 337 g/mol. The first kappa shape index (κ1) is 16.7. The number of hydrogen-bond donors (Lipinski definition) is 2. The van der Waals surface area contributed by atoms with Crippen LogP contribution in [-0.2, 0) is 9.53 Å². The average Bonchev–Trinajstić information content (AvgIpc) is 3.13. The van der Waals surface area contributed by atoms with Crippen molar-refractivity contribution in [2.24, 2.45) is 5.92 Å². The van der Waals surface area contributed by atoms with E-state index in [2.05, 4.69) is 15.5 Å². The Morgan fingerprint density at radius 3 is 2.64 bits per heavy atom. The summed E-state index contributed by atoms with van der Waals surface area (Å²) in [6.07, 6.45) is 1.66. The van der Waals surface area contributed by atoms with E-state index in [1.165, 1.54) is 7.11 Å². The minimum atomic E-state index is -0.519. The number of carbonyl (C=O) groups excluding carboxylic acids is 2. The van der Waals surface area contributed by atoms with Gasteiger partial charge in [-0.25, -0.2) is 0 Å². The Hall–Kier alpha value is -3.15. The van der Waals surface area contributed by atoms with Crippen LogP contribution in [-0.4, -0.2) is 29.2 Å². The molecular weight excluding hydrogens is 318 g/mol. The number of benzene rings is 2. The number of esters is 1. The van der Waals surface area contributed by atoms with Gasteiger partial charge in [0, 0.05) is 10.9 Å². The molecule has 2 aromatic carbocycles. The first-order chi connectivity index (χ1) is 12.1. The summed E-state index contributed by atoms with van der Waals surface area (Å²) >= 11 is 0. The highest BCUT2D eigenvalue weighted by Crippen LogP contribution is 2.24. The summed E-state index contributed by atoms with van der Waals surface area (Å²) < 4.78 is 4.85. The van der Waals surface area contributed by atoms with E-state index in [1.54, 1.807) is 31.3 Å². The molecular formula is C19H19N3O3. The molecule has 25 heavy (non-hydrogen) atoms. The smallest absolute Gasteiger partial charge is 0.310 e. The molecule has 128 valence electrons. The van der Waals surface area contributed by atoms with E-state index in [1.807, 2.05) is 30.3 Å². The quantitative estimate of drug-likeness (QED) is 0.701. The average molecular weight is 337 g/mol. The number of nitrogens with zero attached hydrogens (tertiary/aromatic N) is 1. The minimum Gasteiger partial charge on any atom is -0.469 e. The van der Waals surface area contributed by atoms with Crippen LogP contribution in [0.5, 0.6) is 0 Å². The lowest BCUT2D eigenvalue weighted by Gasteiger charge is -2.24. The molecule has 0 fully saturated rings. The third-order valence-electron chi connectivity index (χ3n) is 4.22. The van der Waals surface area contributed by atoms with Crippen molar-refractivity contribution in [1.29, 1.82) is 0 Å². The summed E-state index contributed by atoms with van der Waals surface area (Å²) in [5, 5.41) is 10.6. The van der Waals surface area contributed by atoms with Crippen molar-refractivity contribution >= 4 is 22.8 Å². The van der Waals surface area contributed by atoms with Crippen molar-refractivity contribution in [2.45, 2.75) is 13.0 Å². The van der Waals surface area contributed by atoms with E-state index in [9.17, 15) is 9.59 Å². The van der Waals surface area contributed by atoms with Crippen molar-refractivity contribution in [3.8, 4) is 0 Å². The molecule has 0 bridgehead atoms. The molecule has 1 heterocycles. The normalized spacial score (nSPS) is 13.2. The Morgan fingerprint density at radius 1 is 1.16 bits per heavy atom. The van der Waals surface area contributed by atoms with Crippen LogP contribution < -0.4 is 5.32 Å². The lowest BCUT2D eigenvalue weighted by atomic mass is 9.94. The molecule has 0 aliphatic heterocycles. The zero-order valence-electron chi connectivity index (χ0n) is 14.0. The third kappa shape index (κ3) is 3.52. The van der Waals surface area contributed by atoms with Gasteiger partial charge >= 0.3 is 5.97 Å². The zero-order valence-corrected chi connectivity index (χ0v) is 14.0. The highest BCUT2D eigenvalue weighted by Gasteiger charge is 2.28. The number of rotatable bonds is 5. The van der Waals surface area contributed by atoms with Gasteiger partial charge in [0.1, 0.15) is 0 Å². The topological polar surface area (TPSA) is 84.1 Å². The number of ether oxygens (including phenoxy) is 1. The van der Waals surface area contributed by atoms with Crippen molar-refractivity contribution in [3.63, 3.8) is 0 Å². The number of fused-ring (bicyclic) bond motifs is 1. The van der Waals surface area contributed by atoms with Gasteiger partial charge in [-0.15, -0.1) is 0 Å². The van der Waals surface area contributed by atoms with Crippen molar-refractivity contribution in [1.82, 2.24) is 15.5 Å². The lowest BCUT2D eigenvalue weighted by Crippen LogP contribution is -2.36. The molecule has 2 atom stereocenters. The molecule has 6 nitrogen and oxygen atoms in total. The van der Waals surface area contributed by atoms with E-state index >= 15 is 0 Å². The molecule has 1 aromatic heterocycles. The molecule has 0 spiro atoms. The van der Waals surface area contributed by atoms with Gasteiger partial charge in [0.15, 0.2) is 0 Å². The molecule has 0 saturated heterocycles. The minimum absolute atomic E-state index is 0.257. The van der Waals surface area contributed by atoms with Crippen LogP contribution in [0, 0.1) is 5.92 Å². The summed E-state index contributed by atoms with van der Waals surface area (Å²) in [6.45, 7) is 1.74. The number of methoxy groups -OCH3 is 1. The molecule has 2 N–H and O–H groups in total. The molecule has 0 aliphatic carbocycles. The van der Waals surface area contributed by atoms with Gasteiger partial charge in [-0.1, -0.05) is 30.3 Å². The maximum absolute atomic E-state index is 12.7. The predicted octanol–water partition coefficient (Wildman–Crippen LogP) is 2.84. The predicted molar refractivity (Wildman–Crippen MR) is 93.9 cm³/mol. The zero-order chi connectivity index (χ0) is 17.8. The Morgan fingerprint density at radius 2 is 1.92 bits per heavy atom. The number of carbonyl (C=O) groups is 2. The fourth-order valence-electron chi connectivity index (χ4n) is 2.79. The number of hydrogen-bond acceptors (Lipinski definition) is 4. The largest absolute Gasteiger partial charge is 0.469 e. The van der Waals surface area contributed by atoms with Crippen molar-refractivity contribution in [2.75, 3.05) is 7.11 Å². The van der Waals surface area contributed by atoms with Gasteiger partial charge in [-0.2, -0.15) is 5.10 Å². The molecule has 3 rings (SSSR count). The Balaban J connectivity index is 1.88. The Kier molecular flexibility index (Phi) is 4.79. The first-order valence-corrected chi connectivity index (χ1v) is 7.97. The van der Waals surface area contributed by atoms with Crippen LogP contribution in [0.25, 0.3) is 10.9 Å². The number of amides is 1. The SMILES string of the molecule is COC(=O)[C@@H](C)[C@H](NC(=O)c1ccc2[nH]ncc2c1)c1ccccc1. The standard InChI is InChI=1S/C19H19N3O3/c1-12(19(24)25-2)17(13-6-4-3-5-7-13)21-18(23)14-8-9-16-15(10-14)11-20-22-16/h3-12,17H,1-2H3,(H,20,22)(H,21,23)/t12-,17-/m0/s1. The second kappa shape index (κ2) is 7.17. The van der Waals surface area contributed by atoms with Gasteiger partial charge in [0.25, 0.3) is 5.91 Å². The summed E-state index contributed by atoms with van der Waals surface area (Å²) in [6, 6.07) is 14.2. The summed E-state index contributed by atoms with van der Waals surface area (Å²) in [7, 11) is 1.34. The van der Waals surface area contributed by atoms with Gasteiger partial charge in [-0.3, -0.25) is 14.7 Å². The van der Waals surface area contributed by atoms with Gasteiger partial charge in [-0.05, 0) is 30.7 Å². The lowest BCUT2D eigenvalue weighted by molar-refractivity contribution is -0.145. The number of aromatic amines is 1. The van der Waals surface area contributed by atoms with E-state index in [-0.39, 0.29) is 11.9 Å². The number of aromatic nitrogens is 2.